The number of furan rings is 1. The van der Waals surface area contributed by atoms with Gasteiger partial charge in [0.25, 0.3) is 0 Å². The number of carboxylic acid groups (broad SMARTS) is 1. The maximum Gasteiger partial charge on any atom is 0.335 e. The summed E-state index contributed by atoms with van der Waals surface area (Å²) >= 11 is 0. The molecule has 0 radical (unpaired) electrons. The van der Waals surface area contributed by atoms with Crippen molar-refractivity contribution in [3.63, 3.8) is 0 Å². The number of carboxylic acids is 1. The zero-order valence-corrected chi connectivity index (χ0v) is 11.7. The number of rotatable bonds is 5. The molecule has 0 atom stereocenters. The molecule has 5 nitrogen and oxygen atoms in total. The molecule has 0 aliphatic carbocycles. The molecule has 108 valence electrons. The lowest BCUT2D eigenvalue weighted by Gasteiger charge is -2.07. The Balaban J connectivity index is 2.10. The number of hydrogen-bond donors (Lipinski definition) is 1. The lowest BCUT2D eigenvalue weighted by molar-refractivity contribution is 0.0697. The number of aromatic carboxylic acids is 1. The third-order valence-corrected chi connectivity index (χ3v) is 3.47. The van der Waals surface area contributed by atoms with Crippen LogP contribution in [0, 0.1) is 0 Å². The zero-order valence-electron chi connectivity index (χ0n) is 11.7. The summed E-state index contributed by atoms with van der Waals surface area (Å²) in [6, 6.07) is 6.99. The van der Waals surface area contributed by atoms with Crippen molar-refractivity contribution in [3.05, 3.63) is 53.7 Å². The van der Waals surface area contributed by atoms with Gasteiger partial charge in [0.15, 0.2) is 0 Å². The van der Waals surface area contributed by atoms with Gasteiger partial charge < -0.3 is 14.1 Å². The zero-order chi connectivity index (χ0) is 14.8. The minimum atomic E-state index is -0.932. The van der Waals surface area contributed by atoms with Crippen LogP contribution in [-0.2, 0) is 13.0 Å². The Morgan fingerprint density at radius 3 is 2.90 bits per heavy atom. The molecule has 3 aromatic rings. The van der Waals surface area contributed by atoms with Crippen molar-refractivity contribution in [1.82, 2.24) is 9.55 Å². The van der Waals surface area contributed by atoms with E-state index in [-0.39, 0.29) is 5.56 Å². The molecule has 2 heterocycles. The highest BCUT2D eigenvalue weighted by Crippen LogP contribution is 2.21. The summed E-state index contributed by atoms with van der Waals surface area (Å²) in [5.41, 5.74) is 3.00. The minimum absolute atomic E-state index is 0.263. The van der Waals surface area contributed by atoms with E-state index in [0.717, 1.165) is 35.3 Å². The standard InChI is InChI=1S/C16H16N2O3/c1-2-3-15-17-13-8-12(16(19)20)4-5-14(13)18(15)9-11-6-7-21-10-11/h4-8,10H,2-3,9H2,1H3,(H,19,20). The quantitative estimate of drug-likeness (QED) is 0.780. The Bertz CT molecular complexity index is 772. The Hall–Kier alpha value is -2.56. The van der Waals surface area contributed by atoms with Crippen LogP contribution in [0.2, 0.25) is 0 Å². The first-order chi connectivity index (χ1) is 10.2. The van der Waals surface area contributed by atoms with E-state index >= 15 is 0 Å². The molecule has 2 aromatic heterocycles. The molecule has 21 heavy (non-hydrogen) atoms. The van der Waals surface area contributed by atoms with Gasteiger partial charge in [-0.2, -0.15) is 0 Å². The van der Waals surface area contributed by atoms with Crippen molar-refractivity contribution in [2.24, 2.45) is 0 Å². The van der Waals surface area contributed by atoms with E-state index in [9.17, 15) is 4.79 Å². The van der Waals surface area contributed by atoms with Crippen LogP contribution in [0.5, 0.6) is 0 Å². The van der Waals surface area contributed by atoms with E-state index < -0.39 is 5.97 Å². The highest BCUT2D eigenvalue weighted by molar-refractivity contribution is 5.92. The van der Waals surface area contributed by atoms with Crippen LogP contribution in [0.15, 0.2) is 41.2 Å². The van der Waals surface area contributed by atoms with Gasteiger partial charge in [0.2, 0.25) is 0 Å². The molecule has 1 aromatic carbocycles. The smallest absolute Gasteiger partial charge is 0.335 e. The number of fused-ring (bicyclic) bond motifs is 1. The molecule has 0 unspecified atom stereocenters. The highest BCUT2D eigenvalue weighted by atomic mass is 16.4. The number of benzene rings is 1. The summed E-state index contributed by atoms with van der Waals surface area (Å²) in [6.07, 6.45) is 5.21. The van der Waals surface area contributed by atoms with Crippen molar-refractivity contribution in [1.29, 1.82) is 0 Å². The molecular weight excluding hydrogens is 268 g/mol. The second-order valence-corrected chi connectivity index (χ2v) is 5.00. The summed E-state index contributed by atoms with van der Waals surface area (Å²) in [5, 5.41) is 9.08. The highest BCUT2D eigenvalue weighted by Gasteiger charge is 2.13. The summed E-state index contributed by atoms with van der Waals surface area (Å²) in [5.74, 6) is 0.0366. The lowest BCUT2D eigenvalue weighted by Crippen LogP contribution is -2.04. The van der Waals surface area contributed by atoms with Gasteiger partial charge in [-0.05, 0) is 30.7 Å². The average molecular weight is 284 g/mol. The van der Waals surface area contributed by atoms with E-state index in [0.29, 0.717) is 6.54 Å². The second kappa shape index (κ2) is 5.44. The van der Waals surface area contributed by atoms with E-state index in [4.69, 9.17) is 9.52 Å². The first-order valence-electron chi connectivity index (χ1n) is 6.92. The van der Waals surface area contributed by atoms with E-state index in [1.807, 2.05) is 12.1 Å². The molecular formula is C16H16N2O3. The number of aryl methyl sites for hydroxylation is 1. The van der Waals surface area contributed by atoms with Gasteiger partial charge in [-0.25, -0.2) is 9.78 Å². The lowest BCUT2D eigenvalue weighted by atomic mass is 10.2. The third kappa shape index (κ3) is 2.54. The number of nitrogens with zero attached hydrogens (tertiary/aromatic N) is 2. The van der Waals surface area contributed by atoms with Crippen molar-refractivity contribution in [3.8, 4) is 0 Å². The van der Waals surface area contributed by atoms with Crippen LogP contribution in [0.1, 0.15) is 35.1 Å². The third-order valence-electron chi connectivity index (χ3n) is 3.47. The number of hydrogen-bond acceptors (Lipinski definition) is 3. The van der Waals surface area contributed by atoms with Crippen molar-refractivity contribution in [2.75, 3.05) is 0 Å². The monoisotopic (exact) mass is 284 g/mol. The Labute approximate surface area is 121 Å². The molecule has 0 amide bonds. The van der Waals surface area contributed by atoms with Crippen LogP contribution >= 0.6 is 0 Å². The summed E-state index contributed by atoms with van der Waals surface area (Å²) in [4.78, 5) is 15.7. The molecule has 0 aliphatic heterocycles. The Morgan fingerprint density at radius 2 is 2.24 bits per heavy atom. The first kappa shape index (κ1) is 13.4. The number of carbonyl (C=O) groups is 1. The molecule has 0 saturated heterocycles. The maximum absolute atomic E-state index is 11.1. The average Bonchev–Trinajstić information content (AvgIpc) is 3.08. The maximum atomic E-state index is 11.1. The van der Waals surface area contributed by atoms with Gasteiger partial charge in [0.1, 0.15) is 5.82 Å². The fourth-order valence-corrected chi connectivity index (χ4v) is 2.47. The van der Waals surface area contributed by atoms with Crippen LogP contribution in [0.3, 0.4) is 0 Å². The molecule has 1 N–H and O–H groups in total. The molecule has 0 spiro atoms. The molecule has 0 fully saturated rings. The molecule has 0 saturated carbocycles. The summed E-state index contributed by atoms with van der Waals surface area (Å²) < 4.78 is 7.23. The van der Waals surface area contributed by atoms with Crippen LogP contribution in [0.4, 0.5) is 0 Å². The molecule has 0 bridgehead atoms. The predicted octanol–water partition coefficient (Wildman–Crippen LogP) is 3.33. The number of aromatic nitrogens is 2. The SMILES string of the molecule is CCCc1nc2cc(C(=O)O)ccc2n1Cc1ccoc1. The van der Waals surface area contributed by atoms with Gasteiger partial charge in [-0.1, -0.05) is 6.92 Å². The fourth-order valence-electron chi connectivity index (χ4n) is 2.47. The van der Waals surface area contributed by atoms with Crippen LogP contribution in [-0.4, -0.2) is 20.6 Å². The molecule has 5 heteroatoms. The van der Waals surface area contributed by atoms with E-state index in [1.54, 1.807) is 24.7 Å². The minimum Gasteiger partial charge on any atom is -0.478 e. The Morgan fingerprint density at radius 1 is 1.38 bits per heavy atom. The van der Waals surface area contributed by atoms with Gasteiger partial charge in [0, 0.05) is 12.0 Å². The van der Waals surface area contributed by atoms with Crippen LogP contribution in [0.25, 0.3) is 11.0 Å². The largest absolute Gasteiger partial charge is 0.478 e. The van der Waals surface area contributed by atoms with Crippen LogP contribution < -0.4 is 0 Å². The summed E-state index contributed by atoms with van der Waals surface area (Å²) in [6.45, 7) is 2.78. The van der Waals surface area contributed by atoms with E-state index in [2.05, 4.69) is 16.5 Å². The topological polar surface area (TPSA) is 68.3 Å². The van der Waals surface area contributed by atoms with Gasteiger partial charge in [0.05, 0.1) is 35.7 Å². The van der Waals surface area contributed by atoms with Crippen molar-refractivity contribution >= 4 is 17.0 Å². The summed E-state index contributed by atoms with van der Waals surface area (Å²) in [7, 11) is 0. The number of imidazole rings is 1. The second-order valence-electron chi connectivity index (χ2n) is 5.00. The van der Waals surface area contributed by atoms with Gasteiger partial charge >= 0.3 is 5.97 Å². The predicted molar refractivity (Wildman–Crippen MR) is 78.5 cm³/mol. The normalized spacial score (nSPS) is 11.1. The van der Waals surface area contributed by atoms with Crippen molar-refractivity contribution < 1.29 is 14.3 Å². The van der Waals surface area contributed by atoms with Gasteiger partial charge in [-0.3, -0.25) is 0 Å². The molecule has 0 aliphatic rings. The fraction of sp³-hybridized carbons (Fsp3) is 0.250. The first-order valence-corrected chi connectivity index (χ1v) is 6.92. The van der Waals surface area contributed by atoms with Crippen molar-refractivity contribution in [2.45, 2.75) is 26.3 Å². The Kier molecular flexibility index (Phi) is 3.48. The molecule has 3 rings (SSSR count). The van der Waals surface area contributed by atoms with Gasteiger partial charge in [-0.15, -0.1) is 0 Å². The van der Waals surface area contributed by atoms with E-state index in [1.165, 1.54) is 0 Å².